The summed E-state index contributed by atoms with van der Waals surface area (Å²) in [6.45, 7) is 3.41. The highest BCUT2D eigenvalue weighted by molar-refractivity contribution is 7.19. The number of aromatic nitrogens is 2. The second-order valence-corrected chi connectivity index (χ2v) is 8.46. The molecule has 0 unspecified atom stereocenters. The molecule has 5 N–H and O–H groups in total. The van der Waals surface area contributed by atoms with Crippen molar-refractivity contribution in [3.63, 3.8) is 0 Å². The van der Waals surface area contributed by atoms with Gasteiger partial charge in [-0.3, -0.25) is 19.5 Å². The standard InChI is InChI=1S/C19H18ClN5O3S/c1-19(2,18(21)28)10-3-5-11(6-4-10)22-16(26)17(27)23-15-9-12(24-25-15)13-7-8-14(20)29-13/h3-9H,1-2H3,(H2,21,28)(H,22,26)(H2,23,24,25,27). The van der Waals surface area contributed by atoms with Crippen LogP contribution < -0.4 is 16.4 Å². The molecule has 0 fully saturated rings. The molecule has 0 saturated carbocycles. The van der Waals surface area contributed by atoms with Crippen LogP contribution in [0.5, 0.6) is 0 Å². The van der Waals surface area contributed by atoms with Crippen LogP contribution in [0.1, 0.15) is 19.4 Å². The van der Waals surface area contributed by atoms with Gasteiger partial charge in [0.2, 0.25) is 5.91 Å². The molecule has 3 rings (SSSR count). The molecule has 0 spiro atoms. The molecule has 10 heteroatoms. The molecular weight excluding hydrogens is 414 g/mol. The van der Waals surface area contributed by atoms with Crippen LogP contribution in [0.3, 0.4) is 0 Å². The average molecular weight is 432 g/mol. The molecule has 0 saturated heterocycles. The van der Waals surface area contributed by atoms with Crippen LogP contribution in [0.15, 0.2) is 42.5 Å². The van der Waals surface area contributed by atoms with Gasteiger partial charge in [0.25, 0.3) is 0 Å². The van der Waals surface area contributed by atoms with Crippen molar-refractivity contribution in [1.82, 2.24) is 10.2 Å². The van der Waals surface area contributed by atoms with E-state index in [0.717, 1.165) is 4.88 Å². The highest BCUT2D eigenvalue weighted by Crippen LogP contribution is 2.30. The van der Waals surface area contributed by atoms with Gasteiger partial charge in [-0.1, -0.05) is 23.7 Å². The average Bonchev–Trinajstić information content (AvgIpc) is 3.31. The van der Waals surface area contributed by atoms with Gasteiger partial charge < -0.3 is 16.4 Å². The number of hydrogen-bond acceptors (Lipinski definition) is 5. The number of nitrogens with zero attached hydrogens (tertiary/aromatic N) is 1. The highest BCUT2D eigenvalue weighted by atomic mass is 35.5. The quantitative estimate of drug-likeness (QED) is 0.462. The molecule has 2 aromatic heterocycles. The molecule has 0 aliphatic rings. The van der Waals surface area contributed by atoms with Crippen LogP contribution >= 0.6 is 22.9 Å². The molecule has 0 bridgehead atoms. The first-order valence-corrected chi connectivity index (χ1v) is 9.70. The first-order chi connectivity index (χ1) is 13.7. The zero-order chi connectivity index (χ0) is 21.2. The van der Waals surface area contributed by atoms with E-state index in [1.807, 2.05) is 6.07 Å². The Labute approximate surface area is 175 Å². The minimum Gasteiger partial charge on any atom is -0.369 e. The molecule has 0 aliphatic heterocycles. The number of H-pyrrole nitrogens is 1. The number of carbonyl (C=O) groups is 3. The summed E-state index contributed by atoms with van der Waals surface area (Å²) in [5, 5.41) is 11.7. The van der Waals surface area contributed by atoms with Crippen LogP contribution in [-0.2, 0) is 19.8 Å². The predicted octanol–water partition coefficient (Wildman–Crippen LogP) is 3.13. The van der Waals surface area contributed by atoms with Gasteiger partial charge in [-0.25, -0.2) is 0 Å². The summed E-state index contributed by atoms with van der Waals surface area (Å²) >= 11 is 7.27. The van der Waals surface area contributed by atoms with E-state index in [-0.39, 0.29) is 5.82 Å². The van der Waals surface area contributed by atoms with E-state index in [1.165, 1.54) is 11.3 Å². The number of nitrogens with two attached hydrogens (primary N) is 1. The molecule has 0 atom stereocenters. The lowest BCUT2D eigenvalue weighted by Crippen LogP contribution is -2.35. The molecule has 8 nitrogen and oxygen atoms in total. The number of aromatic amines is 1. The summed E-state index contributed by atoms with van der Waals surface area (Å²) in [4.78, 5) is 36.6. The van der Waals surface area contributed by atoms with Gasteiger partial charge in [-0.15, -0.1) is 11.3 Å². The summed E-state index contributed by atoms with van der Waals surface area (Å²) in [6.07, 6.45) is 0. The van der Waals surface area contributed by atoms with E-state index in [1.54, 1.807) is 50.2 Å². The lowest BCUT2D eigenvalue weighted by Gasteiger charge is -2.21. The maximum atomic E-state index is 12.1. The minimum absolute atomic E-state index is 0.211. The van der Waals surface area contributed by atoms with Crippen LogP contribution in [0.2, 0.25) is 4.34 Å². The van der Waals surface area contributed by atoms with Crippen LogP contribution in [0.25, 0.3) is 10.6 Å². The third-order valence-corrected chi connectivity index (χ3v) is 5.61. The summed E-state index contributed by atoms with van der Waals surface area (Å²) in [5.41, 5.74) is 6.33. The lowest BCUT2D eigenvalue weighted by atomic mass is 9.84. The van der Waals surface area contributed by atoms with Crippen molar-refractivity contribution in [3.8, 4) is 10.6 Å². The van der Waals surface area contributed by atoms with Gasteiger partial charge >= 0.3 is 11.8 Å². The molecule has 0 aliphatic carbocycles. The van der Waals surface area contributed by atoms with E-state index >= 15 is 0 Å². The van der Waals surface area contributed by atoms with Crippen molar-refractivity contribution < 1.29 is 14.4 Å². The van der Waals surface area contributed by atoms with Gasteiger partial charge in [-0.05, 0) is 43.7 Å². The van der Waals surface area contributed by atoms with Gasteiger partial charge in [0, 0.05) is 11.8 Å². The Kier molecular flexibility index (Phi) is 5.71. The summed E-state index contributed by atoms with van der Waals surface area (Å²) in [6, 6.07) is 11.7. The van der Waals surface area contributed by atoms with Crippen molar-refractivity contribution in [2.75, 3.05) is 10.6 Å². The van der Waals surface area contributed by atoms with E-state index in [4.69, 9.17) is 17.3 Å². The van der Waals surface area contributed by atoms with Gasteiger partial charge in [0.15, 0.2) is 5.82 Å². The Balaban J connectivity index is 1.62. The molecule has 150 valence electrons. The number of carbonyl (C=O) groups excluding carboxylic acids is 3. The van der Waals surface area contributed by atoms with Crippen LogP contribution in [-0.4, -0.2) is 27.9 Å². The number of rotatable bonds is 5. The summed E-state index contributed by atoms with van der Waals surface area (Å²) in [5.74, 6) is -1.97. The maximum absolute atomic E-state index is 12.1. The molecule has 2 heterocycles. The van der Waals surface area contributed by atoms with Gasteiger partial charge in [-0.2, -0.15) is 5.10 Å². The normalized spacial score (nSPS) is 11.1. The van der Waals surface area contributed by atoms with Crippen molar-refractivity contribution in [2.45, 2.75) is 19.3 Å². The number of primary amides is 1. The lowest BCUT2D eigenvalue weighted by molar-refractivity contribution is -0.133. The number of amides is 3. The number of thiophene rings is 1. The zero-order valence-corrected chi connectivity index (χ0v) is 17.1. The molecule has 0 radical (unpaired) electrons. The molecule has 29 heavy (non-hydrogen) atoms. The van der Waals surface area contributed by atoms with Crippen molar-refractivity contribution >= 4 is 52.2 Å². The van der Waals surface area contributed by atoms with Gasteiger partial charge in [0.1, 0.15) is 0 Å². The van der Waals surface area contributed by atoms with Crippen molar-refractivity contribution in [3.05, 3.63) is 52.4 Å². The van der Waals surface area contributed by atoms with Crippen LogP contribution in [0.4, 0.5) is 11.5 Å². The summed E-state index contributed by atoms with van der Waals surface area (Å²) < 4.78 is 0.629. The second kappa shape index (κ2) is 8.06. The monoisotopic (exact) mass is 431 g/mol. The Morgan fingerprint density at radius 1 is 1.07 bits per heavy atom. The van der Waals surface area contributed by atoms with Gasteiger partial charge in [0.05, 0.1) is 20.3 Å². The molecule has 3 amide bonds. The highest BCUT2D eigenvalue weighted by Gasteiger charge is 2.27. The molecule has 3 aromatic rings. The third-order valence-electron chi connectivity index (χ3n) is 4.34. The number of hydrogen-bond donors (Lipinski definition) is 4. The Morgan fingerprint density at radius 3 is 2.31 bits per heavy atom. The SMILES string of the molecule is CC(C)(C(N)=O)c1ccc(NC(=O)C(=O)Nc2cc(-c3ccc(Cl)s3)[nH]n2)cc1. The third kappa shape index (κ3) is 4.64. The van der Waals surface area contributed by atoms with Crippen molar-refractivity contribution in [1.29, 1.82) is 0 Å². The maximum Gasteiger partial charge on any atom is 0.315 e. The molecule has 1 aromatic carbocycles. The zero-order valence-electron chi connectivity index (χ0n) is 15.6. The Bertz CT molecular complexity index is 1070. The number of nitrogens with one attached hydrogen (secondary N) is 3. The second-order valence-electron chi connectivity index (χ2n) is 6.75. The fourth-order valence-corrected chi connectivity index (χ4v) is 3.45. The first-order valence-electron chi connectivity index (χ1n) is 8.50. The Morgan fingerprint density at radius 2 is 1.72 bits per heavy atom. The Hall–Kier alpha value is -3.17. The molecular formula is C19H18ClN5O3S. The largest absolute Gasteiger partial charge is 0.369 e. The fourth-order valence-electron chi connectivity index (χ4n) is 2.44. The van der Waals surface area contributed by atoms with E-state index in [0.29, 0.717) is 21.3 Å². The van der Waals surface area contributed by atoms with E-state index < -0.39 is 23.1 Å². The number of benzene rings is 1. The van der Waals surface area contributed by atoms with E-state index in [9.17, 15) is 14.4 Å². The van der Waals surface area contributed by atoms with Crippen molar-refractivity contribution in [2.24, 2.45) is 5.73 Å². The topological polar surface area (TPSA) is 130 Å². The number of halogens is 1. The predicted molar refractivity (Wildman–Crippen MR) is 113 cm³/mol. The van der Waals surface area contributed by atoms with Crippen LogP contribution in [0, 0.1) is 0 Å². The summed E-state index contributed by atoms with van der Waals surface area (Å²) in [7, 11) is 0. The fraction of sp³-hybridized carbons (Fsp3) is 0.158. The minimum atomic E-state index is -0.867. The van der Waals surface area contributed by atoms with E-state index in [2.05, 4.69) is 20.8 Å². The number of anilines is 2. The smallest absolute Gasteiger partial charge is 0.315 e. The first kappa shape index (κ1) is 20.6.